The van der Waals surface area contributed by atoms with Crippen LogP contribution < -0.4 is 14.9 Å². The molecule has 6 nitrogen and oxygen atoms in total. The van der Waals surface area contributed by atoms with Crippen LogP contribution in [0.15, 0.2) is 71.8 Å². The van der Waals surface area contributed by atoms with E-state index in [1.165, 1.54) is 13.3 Å². The first-order valence-electron chi connectivity index (χ1n) is 9.02. The fourth-order valence-electron chi connectivity index (χ4n) is 2.61. The normalized spacial score (nSPS) is 10.6. The molecule has 0 aliphatic rings. The summed E-state index contributed by atoms with van der Waals surface area (Å²) in [5.41, 5.74) is 5.01. The van der Waals surface area contributed by atoms with Crippen molar-refractivity contribution in [3.8, 4) is 11.5 Å². The molecule has 0 fully saturated rings. The molecule has 0 bridgehead atoms. The molecule has 3 rings (SSSR count). The molecule has 0 saturated heterocycles. The Morgan fingerprint density at radius 1 is 0.967 bits per heavy atom. The predicted octanol–water partition coefficient (Wildman–Crippen LogP) is 4.64. The number of amides is 1. The average Bonchev–Trinajstić information content (AvgIpc) is 2.75. The smallest absolute Gasteiger partial charge is 0.343 e. The highest BCUT2D eigenvalue weighted by Crippen LogP contribution is 2.28. The number of benzene rings is 3. The summed E-state index contributed by atoms with van der Waals surface area (Å²) < 4.78 is 10.7. The van der Waals surface area contributed by atoms with Crippen molar-refractivity contribution in [3.05, 3.63) is 94.0 Å². The third kappa shape index (κ3) is 5.46. The van der Waals surface area contributed by atoms with Gasteiger partial charge in [-0.15, -0.1) is 0 Å². The second-order valence-electron chi connectivity index (χ2n) is 6.38. The minimum atomic E-state index is -0.531. The molecular formula is C23H19ClN2O4. The van der Waals surface area contributed by atoms with E-state index < -0.39 is 5.97 Å². The number of hydrogen-bond donors (Lipinski definition) is 1. The number of rotatable bonds is 6. The maximum atomic E-state index is 12.3. The molecule has 3 aromatic carbocycles. The van der Waals surface area contributed by atoms with Crippen molar-refractivity contribution in [2.75, 3.05) is 7.11 Å². The Morgan fingerprint density at radius 3 is 2.43 bits per heavy atom. The van der Waals surface area contributed by atoms with Crippen LogP contribution >= 0.6 is 11.6 Å². The highest BCUT2D eigenvalue weighted by molar-refractivity contribution is 6.30. The molecule has 0 spiro atoms. The number of hydrazone groups is 1. The van der Waals surface area contributed by atoms with E-state index in [0.29, 0.717) is 27.5 Å². The van der Waals surface area contributed by atoms with Crippen molar-refractivity contribution < 1.29 is 19.1 Å². The van der Waals surface area contributed by atoms with E-state index in [9.17, 15) is 9.59 Å². The topological polar surface area (TPSA) is 77.0 Å². The lowest BCUT2D eigenvalue weighted by atomic mass is 10.1. The maximum absolute atomic E-state index is 12.3. The number of nitrogens with zero attached hydrogens (tertiary/aromatic N) is 1. The van der Waals surface area contributed by atoms with Crippen LogP contribution in [-0.2, 0) is 0 Å². The van der Waals surface area contributed by atoms with Crippen LogP contribution in [0.25, 0.3) is 0 Å². The molecule has 0 aromatic heterocycles. The first-order chi connectivity index (χ1) is 14.5. The molecule has 0 atom stereocenters. The number of halogens is 1. The van der Waals surface area contributed by atoms with Crippen LogP contribution in [-0.4, -0.2) is 25.2 Å². The number of nitrogens with one attached hydrogen (secondary N) is 1. The second kappa shape index (κ2) is 9.71. The zero-order chi connectivity index (χ0) is 21.5. The van der Waals surface area contributed by atoms with Crippen LogP contribution in [0, 0.1) is 6.92 Å². The molecule has 152 valence electrons. The van der Waals surface area contributed by atoms with Gasteiger partial charge in [-0.05, 0) is 67.1 Å². The van der Waals surface area contributed by atoms with Crippen LogP contribution in [0.2, 0.25) is 5.02 Å². The summed E-state index contributed by atoms with van der Waals surface area (Å²) in [6.07, 6.45) is 1.47. The van der Waals surface area contributed by atoms with E-state index in [1.807, 2.05) is 19.1 Å². The quantitative estimate of drug-likeness (QED) is 0.272. The van der Waals surface area contributed by atoms with Crippen molar-refractivity contribution >= 4 is 29.7 Å². The van der Waals surface area contributed by atoms with Gasteiger partial charge in [-0.25, -0.2) is 10.2 Å². The largest absolute Gasteiger partial charge is 0.493 e. The van der Waals surface area contributed by atoms with Gasteiger partial charge in [0.25, 0.3) is 5.91 Å². The lowest BCUT2D eigenvalue weighted by Crippen LogP contribution is -2.17. The fourth-order valence-corrected chi connectivity index (χ4v) is 2.74. The van der Waals surface area contributed by atoms with Crippen LogP contribution in [0.4, 0.5) is 0 Å². The summed E-state index contributed by atoms with van der Waals surface area (Å²) >= 11 is 5.83. The van der Waals surface area contributed by atoms with E-state index in [0.717, 1.165) is 5.56 Å². The van der Waals surface area contributed by atoms with Crippen LogP contribution in [0.1, 0.15) is 31.8 Å². The van der Waals surface area contributed by atoms with E-state index in [2.05, 4.69) is 10.5 Å². The SMILES string of the molecule is COc1cc(C=NNC(=O)c2cccc(C)c2)ccc1OC(=O)c1ccc(Cl)cc1. The highest BCUT2D eigenvalue weighted by Gasteiger charge is 2.13. The second-order valence-corrected chi connectivity index (χ2v) is 6.81. The van der Waals surface area contributed by atoms with Gasteiger partial charge in [-0.3, -0.25) is 4.79 Å². The lowest BCUT2D eigenvalue weighted by molar-refractivity contribution is 0.0729. The van der Waals surface area contributed by atoms with Crippen molar-refractivity contribution in [3.63, 3.8) is 0 Å². The Hall–Kier alpha value is -3.64. The molecule has 3 aromatic rings. The van der Waals surface area contributed by atoms with Crippen molar-refractivity contribution in [2.45, 2.75) is 6.92 Å². The third-order valence-electron chi connectivity index (χ3n) is 4.13. The zero-order valence-electron chi connectivity index (χ0n) is 16.4. The van der Waals surface area contributed by atoms with Gasteiger partial charge >= 0.3 is 5.97 Å². The van der Waals surface area contributed by atoms with Gasteiger partial charge in [0.15, 0.2) is 11.5 Å². The summed E-state index contributed by atoms with van der Waals surface area (Å²) in [5.74, 6) is -0.225. The summed E-state index contributed by atoms with van der Waals surface area (Å²) in [7, 11) is 1.47. The fraction of sp³-hybridized carbons (Fsp3) is 0.0870. The van der Waals surface area contributed by atoms with Gasteiger partial charge in [0, 0.05) is 10.6 Å². The molecule has 0 aliphatic carbocycles. The molecule has 0 aliphatic heterocycles. The zero-order valence-corrected chi connectivity index (χ0v) is 17.1. The lowest BCUT2D eigenvalue weighted by Gasteiger charge is -2.10. The first-order valence-corrected chi connectivity index (χ1v) is 9.40. The Morgan fingerprint density at radius 2 is 1.73 bits per heavy atom. The van der Waals surface area contributed by atoms with Crippen LogP contribution in [0.5, 0.6) is 11.5 Å². The number of esters is 1. The number of hydrogen-bond acceptors (Lipinski definition) is 5. The molecule has 0 heterocycles. The predicted molar refractivity (Wildman–Crippen MR) is 116 cm³/mol. The van der Waals surface area contributed by atoms with Crippen molar-refractivity contribution in [1.82, 2.24) is 5.43 Å². The van der Waals surface area contributed by atoms with Gasteiger partial charge in [0.1, 0.15) is 0 Å². The molecule has 1 N–H and O–H groups in total. The summed E-state index contributed by atoms with van der Waals surface area (Å²) in [5, 5.41) is 4.50. The van der Waals surface area contributed by atoms with E-state index in [1.54, 1.807) is 54.6 Å². The highest BCUT2D eigenvalue weighted by atomic mass is 35.5. The number of ether oxygens (including phenoxy) is 2. The number of carbonyl (C=O) groups excluding carboxylic acids is 2. The molecule has 0 radical (unpaired) electrons. The number of methoxy groups -OCH3 is 1. The van der Waals surface area contributed by atoms with Gasteiger partial charge in [0.05, 0.1) is 18.9 Å². The van der Waals surface area contributed by atoms with Gasteiger partial charge in [-0.2, -0.15) is 5.10 Å². The minimum absolute atomic E-state index is 0.262. The minimum Gasteiger partial charge on any atom is -0.493 e. The molecule has 1 amide bonds. The van der Waals surface area contributed by atoms with Crippen molar-refractivity contribution in [1.29, 1.82) is 0 Å². The van der Waals surface area contributed by atoms with Gasteiger partial charge in [0.2, 0.25) is 0 Å². The molecule has 0 unspecified atom stereocenters. The van der Waals surface area contributed by atoms with E-state index in [4.69, 9.17) is 21.1 Å². The van der Waals surface area contributed by atoms with E-state index >= 15 is 0 Å². The molecule has 0 saturated carbocycles. The molecule has 30 heavy (non-hydrogen) atoms. The summed E-state index contributed by atoms with van der Waals surface area (Å²) in [6, 6.07) is 18.5. The van der Waals surface area contributed by atoms with E-state index in [-0.39, 0.29) is 11.7 Å². The first kappa shape index (κ1) is 21.1. The maximum Gasteiger partial charge on any atom is 0.343 e. The Bertz CT molecular complexity index is 1090. The summed E-state index contributed by atoms with van der Waals surface area (Å²) in [4.78, 5) is 24.4. The van der Waals surface area contributed by atoms with Crippen molar-refractivity contribution in [2.24, 2.45) is 5.10 Å². The number of carbonyl (C=O) groups is 2. The third-order valence-corrected chi connectivity index (χ3v) is 4.38. The molecular weight excluding hydrogens is 404 g/mol. The number of aryl methyl sites for hydroxylation is 1. The van der Waals surface area contributed by atoms with Gasteiger partial charge < -0.3 is 9.47 Å². The van der Waals surface area contributed by atoms with Crippen LogP contribution in [0.3, 0.4) is 0 Å². The Kier molecular flexibility index (Phi) is 6.83. The average molecular weight is 423 g/mol. The standard InChI is InChI=1S/C23H19ClN2O4/c1-15-4-3-5-18(12-15)22(27)26-25-14-16-6-11-20(21(13-16)29-2)30-23(28)17-7-9-19(24)10-8-17/h3-14H,1-2H3,(H,26,27). The summed E-state index contributed by atoms with van der Waals surface area (Å²) in [6.45, 7) is 1.91. The monoisotopic (exact) mass is 422 g/mol. The van der Waals surface area contributed by atoms with Gasteiger partial charge in [-0.1, -0.05) is 29.3 Å². The molecule has 7 heteroatoms. The Labute approximate surface area is 179 Å². The Balaban J connectivity index is 1.67.